The van der Waals surface area contributed by atoms with E-state index in [4.69, 9.17) is 0 Å². The van der Waals surface area contributed by atoms with Crippen LogP contribution in [0.2, 0.25) is 0 Å². The summed E-state index contributed by atoms with van der Waals surface area (Å²) in [5.74, 6) is 5.33. The van der Waals surface area contributed by atoms with Crippen LogP contribution in [-0.2, 0) is 19.6 Å². The van der Waals surface area contributed by atoms with Crippen molar-refractivity contribution in [3.8, 4) is 0 Å². The Hall–Kier alpha value is 0.640. The highest BCUT2D eigenvalue weighted by Gasteiger charge is 2.48. The molecule has 5 nitrogen and oxygen atoms in total. The zero-order chi connectivity index (χ0) is 19.2. The van der Waals surface area contributed by atoms with Crippen LogP contribution in [0.25, 0.3) is 0 Å². The molecule has 0 heterocycles. The third kappa shape index (κ3) is 12.6. The van der Waals surface area contributed by atoms with Crippen molar-refractivity contribution < 1.29 is 31.3 Å². The minimum Gasteiger partial charge on any atom is -0.743 e. The second-order valence-electron chi connectivity index (χ2n) is 4.56. The minimum atomic E-state index is -6.04. The van der Waals surface area contributed by atoms with E-state index in [1.165, 1.54) is 29.7 Å². The third-order valence-electron chi connectivity index (χ3n) is 2.48. The molecule has 0 spiro atoms. The molecule has 0 radical (unpaired) electrons. The fourth-order valence-corrected chi connectivity index (χ4v) is 5.68. The Kier molecular flexibility index (Phi) is 15.0. The number of rotatable bonds is 16. The molecule has 0 fully saturated rings. The lowest BCUT2D eigenvalue weighted by Crippen LogP contribution is -2.39. The van der Waals surface area contributed by atoms with E-state index >= 15 is 0 Å². The Balaban J connectivity index is 3.44. The Labute approximate surface area is 165 Å². The van der Waals surface area contributed by atoms with Gasteiger partial charge in [0, 0.05) is 40.3 Å². The normalized spacial score (nSPS) is 12.3. The summed E-state index contributed by atoms with van der Waals surface area (Å²) in [4.78, 5) is 10.9. The van der Waals surface area contributed by atoms with Gasteiger partial charge in [-0.2, -0.15) is 55.8 Å². The first-order valence-corrected chi connectivity index (χ1v) is 13.6. The van der Waals surface area contributed by atoms with Gasteiger partial charge >= 0.3 is 11.2 Å². The number of hydrogen-bond acceptors (Lipinski definition) is 9. The number of carbonyl (C=O) groups is 1. The zero-order valence-corrected chi connectivity index (χ0v) is 18.0. The molecular formula is C13H23F2O5S5-. The van der Waals surface area contributed by atoms with Crippen LogP contribution in [-0.4, -0.2) is 76.8 Å². The van der Waals surface area contributed by atoms with Crippen molar-refractivity contribution in [1.82, 2.24) is 0 Å². The van der Waals surface area contributed by atoms with Crippen LogP contribution < -0.4 is 0 Å². The summed E-state index contributed by atoms with van der Waals surface area (Å²) in [6, 6.07) is 0. The predicted molar refractivity (Wildman–Crippen MR) is 105 cm³/mol. The Bertz CT molecular complexity index is 462. The van der Waals surface area contributed by atoms with E-state index < -0.39 is 21.3 Å². The molecule has 25 heavy (non-hydrogen) atoms. The van der Waals surface area contributed by atoms with E-state index in [0.29, 0.717) is 0 Å². The van der Waals surface area contributed by atoms with E-state index in [1.54, 1.807) is 11.8 Å². The first-order chi connectivity index (χ1) is 11.7. The standard InChI is InChI=1S/C13H24F2O5S5/c1-2-4-21-6-8-23-10-11-24-9-7-22-5-3-20-12(16)13(14,15)25(17,18)19/h2-11H2,1H3,(H,17,18,19)/p-1. The number of alkyl halides is 2. The molecular weight excluding hydrogens is 434 g/mol. The second-order valence-corrected chi connectivity index (χ2v) is 10.9. The van der Waals surface area contributed by atoms with Crippen molar-refractivity contribution in [2.75, 3.05) is 52.6 Å². The Morgan fingerprint density at radius 3 is 1.72 bits per heavy atom. The molecule has 0 rings (SSSR count). The van der Waals surface area contributed by atoms with Crippen molar-refractivity contribution in [3.05, 3.63) is 0 Å². The Morgan fingerprint density at radius 2 is 1.32 bits per heavy atom. The quantitative estimate of drug-likeness (QED) is 0.197. The molecule has 0 aliphatic rings. The van der Waals surface area contributed by atoms with Crippen molar-refractivity contribution in [3.63, 3.8) is 0 Å². The molecule has 0 aliphatic heterocycles. The fraction of sp³-hybridized carbons (Fsp3) is 0.923. The molecule has 0 saturated heterocycles. The molecule has 0 unspecified atom stereocenters. The number of thioether (sulfide) groups is 4. The van der Waals surface area contributed by atoms with Crippen LogP contribution >= 0.6 is 47.0 Å². The molecule has 0 aromatic carbocycles. The summed E-state index contributed by atoms with van der Waals surface area (Å²) < 4.78 is 60.4. The molecule has 0 aromatic heterocycles. The van der Waals surface area contributed by atoms with Crippen molar-refractivity contribution in [2.45, 2.75) is 18.6 Å². The van der Waals surface area contributed by atoms with Gasteiger partial charge in [-0.15, -0.1) is 0 Å². The minimum absolute atomic E-state index is 0.269. The second kappa shape index (κ2) is 14.7. The van der Waals surface area contributed by atoms with E-state index in [1.807, 2.05) is 23.5 Å². The summed E-state index contributed by atoms with van der Waals surface area (Å²) in [5, 5.41) is -5.03. The van der Waals surface area contributed by atoms with E-state index in [0.717, 1.165) is 28.8 Å². The molecule has 0 N–H and O–H groups in total. The van der Waals surface area contributed by atoms with Gasteiger partial charge in [0.25, 0.3) is 0 Å². The van der Waals surface area contributed by atoms with Crippen LogP contribution in [0.1, 0.15) is 13.3 Å². The van der Waals surface area contributed by atoms with Crippen molar-refractivity contribution >= 4 is 63.1 Å². The number of ether oxygens (including phenoxy) is 1. The number of esters is 1. The maximum atomic E-state index is 12.8. The molecule has 0 bridgehead atoms. The lowest BCUT2D eigenvalue weighted by Gasteiger charge is -2.17. The monoisotopic (exact) mass is 457 g/mol. The largest absolute Gasteiger partial charge is 0.743 e. The van der Waals surface area contributed by atoms with Gasteiger partial charge in [0.2, 0.25) is 0 Å². The van der Waals surface area contributed by atoms with Crippen LogP contribution in [0.15, 0.2) is 0 Å². The maximum absolute atomic E-state index is 12.8. The topological polar surface area (TPSA) is 83.5 Å². The summed E-state index contributed by atoms with van der Waals surface area (Å²) >= 11 is 7.11. The highest BCUT2D eigenvalue weighted by molar-refractivity contribution is 8.05. The molecule has 150 valence electrons. The average Bonchev–Trinajstić information content (AvgIpc) is 2.53. The van der Waals surface area contributed by atoms with Crippen molar-refractivity contribution in [2.24, 2.45) is 0 Å². The predicted octanol–water partition coefficient (Wildman–Crippen LogP) is 3.01. The number of carbonyl (C=O) groups excluding carboxylic acids is 1. The smallest absolute Gasteiger partial charge is 0.428 e. The SMILES string of the molecule is CCCSCCSCCSCCSCCOC(=O)C(F)(F)S(=O)(=O)[O-]. The van der Waals surface area contributed by atoms with Gasteiger partial charge in [-0.05, 0) is 12.2 Å². The van der Waals surface area contributed by atoms with Gasteiger partial charge in [0.15, 0.2) is 10.1 Å². The first kappa shape index (κ1) is 25.6. The molecule has 0 aliphatic carbocycles. The molecule has 0 amide bonds. The lowest BCUT2D eigenvalue weighted by atomic mass is 10.6. The lowest BCUT2D eigenvalue weighted by molar-refractivity contribution is -0.160. The average molecular weight is 458 g/mol. The van der Waals surface area contributed by atoms with Gasteiger partial charge in [0.05, 0.1) is 0 Å². The number of halogens is 2. The van der Waals surface area contributed by atoms with Crippen LogP contribution in [0.5, 0.6) is 0 Å². The fourth-order valence-electron chi connectivity index (χ4n) is 1.29. The molecule has 12 heteroatoms. The number of hydrogen-bond donors (Lipinski definition) is 0. The Morgan fingerprint density at radius 1 is 0.920 bits per heavy atom. The first-order valence-electron chi connectivity index (χ1n) is 7.55. The highest BCUT2D eigenvalue weighted by Crippen LogP contribution is 2.22. The van der Waals surface area contributed by atoms with E-state index in [9.17, 15) is 26.5 Å². The molecule has 0 atom stereocenters. The van der Waals surface area contributed by atoms with Gasteiger partial charge in [-0.3, -0.25) is 0 Å². The van der Waals surface area contributed by atoms with E-state index in [-0.39, 0.29) is 12.4 Å². The molecule has 0 saturated carbocycles. The van der Waals surface area contributed by atoms with Crippen LogP contribution in [0.3, 0.4) is 0 Å². The third-order valence-corrected chi connectivity index (χ3v) is 8.16. The van der Waals surface area contributed by atoms with Gasteiger partial charge < -0.3 is 9.29 Å². The maximum Gasteiger partial charge on any atom is 0.428 e. The highest BCUT2D eigenvalue weighted by atomic mass is 32.2. The summed E-state index contributed by atoms with van der Waals surface area (Å²) in [6.07, 6.45) is 1.21. The van der Waals surface area contributed by atoms with Crippen LogP contribution in [0, 0.1) is 0 Å². The zero-order valence-electron chi connectivity index (χ0n) is 13.9. The van der Waals surface area contributed by atoms with Crippen LogP contribution in [0.4, 0.5) is 8.78 Å². The summed E-state index contributed by atoms with van der Waals surface area (Å²) in [5.41, 5.74) is 0. The molecule has 0 aromatic rings. The van der Waals surface area contributed by atoms with Gasteiger partial charge in [-0.1, -0.05) is 6.92 Å². The van der Waals surface area contributed by atoms with Crippen molar-refractivity contribution in [1.29, 1.82) is 0 Å². The van der Waals surface area contributed by atoms with Gasteiger partial charge in [0.1, 0.15) is 6.61 Å². The van der Waals surface area contributed by atoms with E-state index in [2.05, 4.69) is 11.7 Å². The van der Waals surface area contributed by atoms with Gasteiger partial charge in [-0.25, -0.2) is 13.2 Å². The summed E-state index contributed by atoms with van der Waals surface area (Å²) in [6.45, 7) is 1.82. The summed E-state index contributed by atoms with van der Waals surface area (Å²) in [7, 11) is -6.04.